The van der Waals surface area contributed by atoms with Crippen LogP contribution in [0.1, 0.15) is 18.1 Å². The fourth-order valence-corrected chi connectivity index (χ4v) is 1.96. The van der Waals surface area contributed by atoms with Crippen molar-refractivity contribution in [2.75, 3.05) is 0 Å². The summed E-state index contributed by atoms with van der Waals surface area (Å²) in [4.78, 5) is 11.6. The maximum atomic E-state index is 11.6. The van der Waals surface area contributed by atoms with Crippen molar-refractivity contribution in [3.8, 4) is 0 Å². The molecule has 0 bridgehead atoms. The summed E-state index contributed by atoms with van der Waals surface area (Å²) in [6.45, 7) is 1.74. The van der Waals surface area contributed by atoms with Crippen molar-refractivity contribution in [3.63, 3.8) is 0 Å². The van der Waals surface area contributed by atoms with Gasteiger partial charge in [-0.15, -0.1) is 0 Å². The van der Waals surface area contributed by atoms with Crippen molar-refractivity contribution < 1.29 is 9.90 Å². The van der Waals surface area contributed by atoms with Crippen molar-refractivity contribution in [2.24, 2.45) is 0 Å². The summed E-state index contributed by atoms with van der Waals surface area (Å²) in [5.41, 5.74) is 0.583. The second-order valence-electron chi connectivity index (χ2n) is 4.16. The van der Waals surface area contributed by atoms with E-state index in [1.807, 2.05) is 60.7 Å². The first kappa shape index (κ1) is 15.0. The van der Waals surface area contributed by atoms with Gasteiger partial charge in [0.05, 0.1) is 0 Å². The number of aliphatic carboxylic acids is 1. The second-order valence-corrected chi connectivity index (χ2v) is 4.16. The van der Waals surface area contributed by atoms with Gasteiger partial charge in [-0.25, -0.2) is 0 Å². The Morgan fingerprint density at radius 3 is 1.50 bits per heavy atom. The number of hydrogen-bond donors (Lipinski definition) is 1. The number of rotatable bonds is 3. The van der Waals surface area contributed by atoms with Crippen molar-refractivity contribution in [2.45, 2.75) is 12.3 Å². The zero-order chi connectivity index (χ0) is 12.3. The first-order valence-electron chi connectivity index (χ1n) is 5.50. The molecule has 0 saturated heterocycles. The first-order chi connectivity index (χ1) is 8.15. The molecule has 88 valence electrons. The minimum absolute atomic E-state index is 0. The minimum atomic E-state index is -0.998. The SMILES string of the molecule is CC(C(=O)O)(c1ccccc1)c1ccccc1.[NaH]. The molecule has 0 unspecified atom stereocenters. The zero-order valence-electron chi connectivity index (χ0n) is 9.63. The van der Waals surface area contributed by atoms with Gasteiger partial charge in [0, 0.05) is 0 Å². The molecule has 0 aromatic heterocycles. The molecule has 2 rings (SSSR count). The summed E-state index contributed by atoms with van der Waals surface area (Å²) in [5.74, 6) is -0.838. The number of carboxylic acids is 1. The van der Waals surface area contributed by atoms with Crippen LogP contribution in [0.2, 0.25) is 0 Å². The molecule has 2 aromatic carbocycles. The molecule has 1 N–H and O–H groups in total. The van der Waals surface area contributed by atoms with Crippen LogP contribution in [0, 0.1) is 0 Å². The van der Waals surface area contributed by atoms with E-state index in [0.29, 0.717) is 0 Å². The van der Waals surface area contributed by atoms with Crippen LogP contribution >= 0.6 is 0 Å². The van der Waals surface area contributed by atoms with E-state index in [1.54, 1.807) is 6.92 Å². The second kappa shape index (κ2) is 6.19. The van der Waals surface area contributed by atoms with Crippen molar-refractivity contribution in [1.29, 1.82) is 0 Å². The third kappa shape index (κ3) is 2.66. The van der Waals surface area contributed by atoms with Crippen LogP contribution in [0.3, 0.4) is 0 Å². The topological polar surface area (TPSA) is 37.3 Å². The predicted molar refractivity (Wildman–Crippen MR) is 74.1 cm³/mol. The van der Waals surface area contributed by atoms with E-state index >= 15 is 0 Å². The molecular weight excluding hydrogens is 235 g/mol. The van der Waals surface area contributed by atoms with Crippen molar-refractivity contribution >= 4 is 35.5 Å². The van der Waals surface area contributed by atoms with E-state index in [9.17, 15) is 9.90 Å². The fraction of sp³-hybridized carbons (Fsp3) is 0.133. The van der Waals surface area contributed by atoms with E-state index < -0.39 is 11.4 Å². The molecular formula is C15H15NaO2. The molecule has 0 radical (unpaired) electrons. The molecule has 3 heteroatoms. The Bertz CT molecular complexity index is 469. The number of benzene rings is 2. The molecule has 0 spiro atoms. The van der Waals surface area contributed by atoms with Gasteiger partial charge in [-0.3, -0.25) is 4.79 Å². The molecule has 0 saturated carbocycles. The van der Waals surface area contributed by atoms with E-state index in [4.69, 9.17) is 0 Å². The van der Waals surface area contributed by atoms with Gasteiger partial charge < -0.3 is 5.11 Å². The summed E-state index contributed by atoms with van der Waals surface area (Å²) in [7, 11) is 0. The zero-order valence-corrected chi connectivity index (χ0v) is 9.63. The van der Waals surface area contributed by atoms with E-state index in [2.05, 4.69) is 0 Å². The molecule has 0 fully saturated rings. The molecule has 18 heavy (non-hydrogen) atoms. The van der Waals surface area contributed by atoms with Crippen LogP contribution < -0.4 is 0 Å². The van der Waals surface area contributed by atoms with Gasteiger partial charge in [0.1, 0.15) is 5.41 Å². The van der Waals surface area contributed by atoms with Gasteiger partial charge >= 0.3 is 35.5 Å². The monoisotopic (exact) mass is 250 g/mol. The van der Waals surface area contributed by atoms with Gasteiger partial charge in [0.15, 0.2) is 0 Å². The molecule has 0 aliphatic carbocycles. The number of hydrogen-bond acceptors (Lipinski definition) is 1. The van der Waals surface area contributed by atoms with E-state index in [-0.39, 0.29) is 29.6 Å². The molecule has 0 amide bonds. The van der Waals surface area contributed by atoms with Crippen LogP contribution in [-0.4, -0.2) is 40.6 Å². The van der Waals surface area contributed by atoms with Gasteiger partial charge in [-0.05, 0) is 18.1 Å². The Kier molecular flexibility index (Phi) is 5.15. The molecule has 0 atom stereocenters. The summed E-state index contributed by atoms with van der Waals surface area (Å²) in [6, 6.07) is 18.6. The van der Waals surface area contributed by atoms with Gasteiger partial charge in [-0.1, -0.05) is 60.7 Å². The third-order valence-corrected chi connectivity index (χ3v) is 3.13. The Morgan fingerprint density at radius 1 is 0.889 bits per heavy atom. The molecule has 0 aliphatic rings. The third-order valence-electron chi connectivity index (χ3n) is 3.13. The molecule has 0 heterocycles. The predicted octanol–water partition coefficient (Wildman–Crippen LogP) is 2.43. The molecule has 2 aromatic rings. The van der Waals surface area contributed by atoms with Crippen LogP contribution in [-0.2, 0) is 10.2 Å². The molecule has 0 aliphatic heterocycles. The van der Waals surface area contributed by atoms with E-state index in [0.717, 1.165) is 11.1 Å². The quantitative estimate of drug-likeness (QED) is 0.849. The van der Waals surface area contributed by atoms with Crippen LogP contribution in [0.25, 0.3) is 0 Å². The number of carboxylic acid groups (broad SMARTS) is 1. The first-order valence-corrected chi connectivity index (χ1v) is 5.50. The summed E-state index contributed by atoms with van der Waals surface area (Å²) in [6.07, 6.45) is 0. The Balaban J connectivity index is 0.00000162. The average Bonchev–Trinajstić information content (AvgIpc) is 2.39. The van der Waals surface area contributed by atoms with Gasteiger partial charge in [0.25, 0.3) is 0 Å². The summed E-state index contributed by atoms with van der Waals surface area (Å²) < 4.78 is 0. The number of carbonyl (C=O) groups is 1. The van der Waals surface area contributed by atoms with Crippen molar-refractivity contribution in [3.05, 3.63) is 71.8 Å². The van der Waals surface area contributed by atoms with Crippen LogP contribution in [0.15, 0.2) is 60.7 Å². The van der Waals surface area contributed by atoms with Crippen molar-refractivity contribution in [1.82, 2.24) is 0 Å². The Labute approximate surface area is 129 Å². The van der Waals surface area contributed by atoms with E-state index in [1.165, 1.54) is 0 Å². The summed E-state index contributed by atoms with van der Waals surface area (Å²) >= 11 is 0. The Morgan fingerprint density at radius 2 is 1.22 bits per heavy atom. The molecule has 2 nitrogen and oxygen atoms in total. The van der Waals surface area contributed by atoms with Crippen LogP contribution in [0.5, 0.6) is 0 Å². The van der Waals surface area contributed by atoms with Crippen LogP contribution in [0.4, 0.5) is 0 Å². The fourth-order valence-electron chi connectivity index (χ4n) is 1.96. The Hall–Kier alpha value is -1.09. The van der Waals surface area contributed by atoms with Gasteiger partial charge in [0.2, 0.25) is 0 Å². The van der Waals surface area contributed by atoms with Gasteiger partial charge in [-0.2, -0.15) is 0 Å². The average molecular weight is 250 g/mol. The standard InChI is InChI=1S/C15H14O2.Na.H/c1-15(14(16)17,12-8-4-2-5-9-12)13-10-6-3-7-11-13;;/h2-11H,1H3,(H,16,17);;. The maximum absolute atomic E-state index is 11.6. The summed E-state index contributed by atoms with van der Waals surface area (Å²) in [5, 5.41) is 9.54. The normalized spacial score (nSPS) is 10.5.